The molecule has 34 heavy (non-hydrogen) atoms. The number of likely N-dealkylation sites (N-methyl/N-ethyl adjacent to an activating group) is 1. The molecule has 1 aromatic heterocycles. The maximum absolute atomic E-state index is 13.5. The summed E-state index contributed by atoms with van der Waals surface area (Å²) in [5, 5.41) is 11.8. The molecule has 1 amide bonds. The summed E-state index contributed by atoms with van der Waals surface area (Å²) in [5.74, 6) is -1.04. The number of aromatic nitrogens is 3. The van der Waals surface area contributed by atoms with Gasteiger partial charge in [-0.25, -0.2) is 19.7 Å². The fraction of sp³-hybridized carbons (Fsp3) is 0.560. The van der Waals surface area contributed by atoms with Crippen molar-refractivity contribution < 1.29 is 23.9 Å². The van der Waals surface area contributed by atoms with E-state index in [-0.39, 0.29) is 23.0 Å². The number of esters is 1. The summed E-state index contributed by atoms with van der Waals surface area (Å²) < 4.78 is 6.10. The van der Waals surface area contributed by atoms with Crippen molar-refractivity contribution in [3.63, 3.8) is 0 Å². The first-order valence-corrected chi connectivity index (χ1v) is 12.1. The molecular formula is C25H34N5O4+. The largest absolute Gasteiger partial charge is 0.457 e. The van der Waals surface area contributed by atoms with Crippen LogP contribution in [0.2, 0.25) is 0 Å². The highest BCUT2D eigenvalue weighted by molar-refractivity contribution is 5.81. The molecule has 9 heteroatoms. The van der Waals surface area contributed by atoms with Crippen LogP contribution in [-0.2, 0) is 19.9 Å². The van der Waals surface area contributed by atoms with Gasteiger partial charge in [0.25, 0.3) is 5.91 Å². The summed E-state index contributed by atoms with van der Waals surface area (Å²) >= 11 is 0. The maximum Gasteiger partial charge on any atom is 0.343 e. The van der Waals surface area contributed by atoms with E-state index in [9.17, 15) is 14.7 Å². The molecule has 1 saturated heterocycles. The number of aliphatic hydroxyl groups is 1. The molecule has 3 N–H and O–H groups in total. The molecule has 1 aliphatic heterocycles. The Balaban J connectivity index is 1.56. The number of carbonyl (C=O) groups is 2. The van der Waals surface area contributed by atoms with Gasteiger partial charge in [0.2, 0.25) is 6.04 Å². The Labute approximate surface area is 200 Å². The lowest BCUT2D eigenvalue weighted by molar-refractivity contribution is -0.942. The van der Waals surface area contributed by atoms with Crippen molar-refractivity contribution in [3.05, 3.63) is 54.4 Å². The number of hydrogen-bond acceptors (Lipinski definition) is 7. The quantitative estimate of drug-likeness (QED) is 0.448. The monoisotopic (exact) mass is 468 g/mol. The predicted molar refractivity (Wildman–Crippen MR) is 124 cm³/mol. The van der Waals surface area contributed by atoms with Crippen LogP contribution in [0.1, 0.15) is 62.4 Å². The Hall–Kier alpha value is -2.91. The molecule has 1 aliphatic carbocycles. The van der Waals surface area contributed by atoms with Crippen molar-refractivity contribution in [1.82, 2.24) is 15.0 Å². The molecule has 0 bridgehead atoms. The molecule has 2 aliphatic rings. The molecule has 0 radical (unpaired) electrons. The van der Waals surface area contributed by atoms with Crippen molar-refractivity contribution in [3.8, 4) is 0 Å². The Kier molecular flexibility index (Phi) is 7.23. The number of quaternary nitrogens is 1. The van der Waals surface area contributed by atoms with Crippen molar-refractivity contribution in [2.45, 2.75) is 62.6 Å². The van der Waals surface area contributed by atoms with Crippen LogP contribution >= 0.6 is 0 Å². The van der Waals surface area contributed by atoms with Crippen LogP contribution in [0, 0.1) is 5.92 Å². The molecule has 1 aromatic carbocycles. The smallest absolute Gasteiger partial charge is 0.343 e. The third-order valence-electron chi connectivity index (χ3n) is 7.76. The number of nitrogens with two attached hydrogens (primary N) is 1. The highest BCUT2D eigenvalue weighted by Crippen LogP contribution is 2.41. The lowest BCUT2D eigenvalue weighted by Gasteiger charge is -2.41. The zero-order chi connectivity index (χ0) is 24.2. The van der Waals surface area contributed by atoms with Crippen LogP contribution in [0.15, 0.2) is 43.0 Å². The Morgan fingerprint density at radius 2 is 1.79 bits per heavy atom. The third-order valence-corrected chi connectivity index (χ3v) is 7.76. The second-order valence-electron chi connectivity index (χ2n) is 9.73. The van der Waals surface area contributed by atoms with Crippen LogP contribution in [0.3, 0.4) is 0 Å². The summed E-state index contributed by atoms with van der Waals surface area (Å²) in [6, 6.07) is 8.14. The number of ether oxygens (including phenoxy) is 1. The Morgan fingerprint density at radius 3 is 2.44 bits per heavy atom. The average Bonchev–Trinajstić information content (AvgIpc) is 3.24. The summed E-state index contributed by atoms with van der Waals surface area (Å²) in [7, 11) is 1.93. The van der Waals surface area contributed by atoms with Gasteiger partial charge in [0.1, 0.15) is 25.3 Å². The van der Waals surface area contributed by atoms with Gasteiger partial charge in [-0.1, -0.05) is 49.6 Å². The Bertz CT molecular complexity index is 985. The molecule has 2 fully saturated rings. The number of likely N-dealkylation sites (tertiary alicyclic amines) is 1. The fourth-order valence-electron chi connectivity index (χ4n) is 5.82. The molecule has 4 atom stereocenters. The van der Waals surface area contributed by atoms with E-state index < -0.39 is 23.5 Å². The van der Waals surface area contributed by atoms with Gasteiger partial charge in [-0.3, -0.25) is 4.79 Å². The van der Waals surface area contributed by atoms with Crippen molar-refractivity contribution >= 4 is 11.9 Å². The van der Waals surface area contributed by atoms with Crippen LogP contribution in [0.5, 0.6) is 0 Å². The van der Waals surface area contributed by atoms with Crippen molar-refractivity contribution in [1.29, 1.82) is 0 Å². The van der Waals surface area contributed by atoms with Crippen molar-refractivity contribution in [2.24, 2.45) is 11.7 Å². The van der Waals surface area contributed by atoms with E-state index in [1.807, 2.05) is 25.2 Å². The van der Waals surface area contributed by atoms with Gasteiger partial charge in [0, 0.05) is 18.8 Å². The number of primary amides is 1. The van der Waals surface area contributed by atoms with Gasteiger partial charge in [-0.15, -0.1) is 0 Å². The number of hydrogen-bond donors (Lipinski definition) is 2. The average molecular weight is 469 g/mol. The van der Waals surface area contributed by atoms with Gasteiger partial charge in [-0.05, 0) is 18.4 Å². The van der Waals surface area contributed by atoms with Gasteiger partial charge in [-0.2, -0.15) is 0 Å². The second kappa shape index (κ2) is 10.1. The number of rotatable bonds is 8. The molecule has 9 nitrogen and oxygen atoms in total. The molecule has 2 aromatic rings. The molecule has 4 rings (SSSR count). The summed E-state index contributed by atoms with van der Waals surface area (Å²) in [4.78, 5) is 38.2. The van der Waals surface area contributed by atoms with Crippen molar-refractivity contribution in [2.75, 3.05) is 20.2 Å². The second-order valence-corrected chi connectivity index (χ2v) is 9.73. The van der Waals surface area contributed by atoms with E-state index in [4.69, 9.17) is 10.5 Å². The highest BCUT2D eigenvalue weighted by Gasteiger charge is 2.51. The Morgan fingerprint density at radius 1 is 1.12 bits per heavy atom. The molecule has 3 unspecified atom stereocenters. The van der Waals surface area contributed by atoms with E-state index in [1.54, 1.807) is 12.1 Å². The summed E-state index contributed by atoms with van der Waals surface area (Å²) in [6.07, 6.45) is 8.93. The van der Waals surface area contributed by atoms with E-state index in [2.05, 4.69) is 15.0 Å². The molecule has 1 saturated carbocycles. The summed E-state index contributed by atoms with van der Waals surface area (Å²) in [5.41, 5.74) is 4.66. The SMILES string of the molecule is C[N+]1(C(C(N)=O)c2ncncn2)CCC[C@@H]1COC(=O)C(O)(c1ccccc1)C1CCCCC1. The lowest BCUT2D eigenvalue weighted by atomic mass is 9.73. The van der Waals surface area contributed by atoms with Crippen LogP contribution in [0.25, 0.3) is 0 Å². The molecule has 182 valence electrons. The van der Waals surface area contributed by atoms with Gasteiger partial charge < -0.3 is 20.1 Å². The maximum atomic E-state index is 13.5. The molecule has 0 spiro atoms. The number of amides is 1. The van der Waals surface area contributed by atoms with Gasteiger partial charge >= 0.3 is 5.97 Å². The van der Waals surface area contributed by atoms with Gasteiger partial charge in [0.05, 0.1) is 13.6 Å². The van der Waals surface area contributed by atoms with E-state index in [0.29, 0.717) is 17.9 Å². The molecular weight excluding hydrogens is 434 g/mol. The number of nitrogens with zero attached hydrogens (tertiary/aromatic N) is 4. The first-order chi connectivity index (χ1) is 16.4. The van der Waals surface area contributed by atoms with Crippen LogP contribution in [0.4, 0.5) is 0 Å². The predicted octanol–water partition coefficient (Wildman–Crippen LogP) is 2.02. The fourth-order valence-corrected chi connectivity index (χ4v) is 5.82. The van der Waals surface area contributed by atoms with Gasteiger partial charge in [0.15, 0.2) is 11.4 Å². The normalized spacial score (nSPS) is 25.9. The topological polar surface area (TPSA) is 128 Å². The minimum Gasteiger partial charge on any atom is -0.457 e. The highest BCUT2D eigenvalue weighted by atomic mass is 16.6. The number of carbonyl (C=O) groups excluding carboxylic acids is 2. The van der Waals surface area contributed by atoms with E-state index in [0.717, 1.165) is 44.9 Å². The minimum absolute atomic E-state index is 0.0755. The van der Waals surface area contributed by atoms with Crippen LogP contribution in [-0.4, -0.2) is 62.7 Å². The number of benzene rings is 1. The zero-order valence-electron chi connectivity index (χ0n) is 19.7. The third kappa shape index (κ3) is 4.54. The lowest BCUT2D eigenvalue weighted by Crippen LogP contribution is -2.57. The van der Waals surface area contributed by atoms with E-state index in [1.165, 1.54) is 12.7 Å². The molecule has 2 heterocycles. The minimum atomic E-state index is -1.69. The first kappa shape index (κ1) is 24.2. The first-order valence-electron chi connectivity index (χ1n) is 12.1. The van der Waals surface area contributed by atoms with E-state index >= 15 is 0 Å². The summed E-state index contributed by atoms with van der Waals surface area (Å²) in [6.45, 7) is 0.749. The zero-order valence-corrected chi connectivity index (χ0v) is 19.7. The van der Waals surface area contributed by atoms with Crippen LogP contribution < -0.4 is 5.73 Å². The standard InChI is InChI=1S/C25H33N5O4/c1-30(21(22(26)31)23-28-16-27-17-29-23)14-8-13-20(30)15-34-24(32)25(33,18-9-4-2-5-10-18)19-11-6-3-7-12-19/h2,4-5,9-10,16-17,19-21,33H,3,6-8,11-15H2,1H3,(H-,26,31)/p+1/t20-,21?,25?,30?/m1/s1.